The number of carbonyl (C=O) groups excluding carboxylic acids is 1. The van der Waals surface area contributed by atoms with Crippen LogP contribution in [0.15, 0.2) is 30.6 Å². The Bertz CT molecular complexity index is 685. The number of aromatic nitrogens is 2. The van der Waals surface area contributed by atoms with Crippen LogP contribution in [-0.2, 0) is 17.9 Å². The molecule has 0 saturated carbocycles. The van der Waals surface area contributed by atoms with E-state index in [-0.39, 0.29) is 12.5 Å². The van der Waals surface area contributed by atoms with Crippen molar-refractivity contribution in [1.82, 2.24) is 20.4 Å². The van der Waals surface area contributed by atoms with E-state index in [1.165, 1.54) is 0 Å². The number of benzene rings is 1. The van der Waals surface area contributed by atoms with Crippen LogP contribution in [0.4, 0.5) is 0 Å². The number of ether oxygens (including phenoxy) is 2. The van der Waals surface area contributed by atoms with E-state index in [2.05, 4.69) is 15.7 Å². The van der Waals surface area contributed by atoms with Crippen LogP contribution in [0.2, 0.25) is 0 Å². The molecule has 0 aliphatic carbocycles. The summed E-state index contributed by atoms with van der Waals surface area (Å²) in [5.74, 6) is 1.03. The van der Waals surface area contributed by atoms with Gasteiger partial charge in [0.25, 0.3) is 5.91 Å². The molecule has 0 aliphatic rings. The molecule has 2 aromatic rings. The molecule has 0 unspecified atom stereocenters. The van der Waals surface area contributed by atoms with Crippen molar-refractivity contribution in [2.24, 2.45) is 0 Å². The van der Waals surface area contributed by atoms with Gasteiger partial charge in [-0.15, -0.1) is 0 Å². The van der Waals surface area contributed by atoms with Gasteiger partial charge < -0.3 is 20.1 Å². The van der Waals surface area contributed by atoms with Gasteiger partial charge in [0, 0.05) is 25.8 Å². The Morgan fingerprint density at radius 1 is 1.32 bits per heavy atom. The molecular weight excluding hydrogens is 320 g/mol. The molecule has 136 valence electrons. The number of aryl methyl sites for hydroxylation is 1. The summed E-state index contributed by atoms with van der Waals surface area (Å²) in [6.45, 7) is 6.81. The number of hydrogen-bond acceptors (Lipinski definition) is 5. The van der Waals surface area contributed by atoms with Crippen LogP contribution in [0.5, 0.6) is 11.5 Å². The van der Waals surface area contributed by atoms with Crippen molar-refractivity contribution in [3.63, 3.8) is 0 Å². The van der Waals surface area contributed by atoms with Gasteiger partial charge in [0.05, 0.1) is 19.9 Å². The Hall–Kier alpha value is -2.54. The summed E-state index contributed by atoms with van der Waals surface area (Å²) in [5, 5.41) is 10.3. The standard InChI is InChI=1S/C18H26N4O3/c1-4-20-18(23)13-25-16-6-5-15(9-17(16)24-3)11-19-7-8-22-12-14(2)10-21-22/h5-6,9-10,12,19H,4,7-8,11,13H2,1-3H3,(H,20,23). The SMILES string of the molecule is CCNC(=O)COc1ccc(CNCCn2cc(C)cn2)cc1OC. The third kappa shape index (κ3) is 6.11. The lowest BCUT2D eigenvalue weighted by atomic mass is 10.2. The highest BCUT2D eigenvalue weighted by molar-refractivity contribution is 5.77. The lowest BCUT2D eigenvalue weighted by Gasteiger charge is -2.12. The Morgan fingerprint density at radius 3 is 2.84 bits per heavy atom. The fraction of sp³-hybridized carbons (Fsp3) is 0.444. The first-order chi connectivity index (χ1) is 12.1. The minimum Gasteiger partial charge on any atom is -0.493 e. The predicted octanol–water partition coefficient (Wildman–Crippen LogP) is 1.50. The number of likely N-dealkylation sites (N-methyl/N-ethyl adjacent to an activating group) is 1. The van der Waals surface area contributed by atoms with Crippen LogP contribution in [0.25, 0.3) is 0 Å². The second kappa shape index (κ2) is 9.68. The quantitative estimate of drug-likeness (QED) is 0.638. The largest absolute Gasteiger partial charge is 0.493 e. The summed E-state index contributed by atoms with van der Waals surface area (Å²) in [5.41, 5.74) is 2.24. The summed E-state index contributed by atoms with van der Waals surface area (Å²) in [6.07, 6.45) is 3.87. The normalized spacial score (nSPS) is 10.5. The van der Waals surface area contributed by atoms with Crippen LogP contribution >= 0.6 is 0 Å². The zero-order valence-corrected chi connectivity index (χ0v) is 15.0. The smallest absolute Gasteiger partial charge is 0.257 e. The minimum atomic E-state index is -0.149. The van der Waals surface area contributed by atoms with Crippen molar-refractivity contribution in [1.29, 1.82) is 0 Å². The van der Waals surface area contributed by atoms with Crippen molar-refractivity contribution in [3.05, 3.63) is 41.7 Å². The molecule has 0 bridgehead atoms. The third-order valence-electron chi connectivity index (χ3n) is 3.57. The van der Waals surface area contributed by atoms with E-state index in [0.29, 0.717) is 24.6 Å². The van der Waals surface area contributed by atoms with Crippen LogP contribution in [0.3, 0.4) is 0 Å². The van der Waals surface area contributed by atoms with Gasteiger partial charge in [-0.1, -0.05) is 6.07 Å². The number of nitrogens with zero attached hydrogens (tertiary/aromatic N) is 2. The number of amides is 1. The Kier molecular flexibility index (Phi) is 7.28. The molecule has 0 atom stereocenters. The molecular formula is C18H26N4O3. The summed E-state index contributed by atoms with van der Waals surface area (Å²) in [7, 11) is 1.59. The average molecular weight is 346 g/mol. The molecule has 1 heterocycles. The highest BCUT2D eigenvalue weighted by atomic mass is 16.5. The molecule has 0 fully saturated rings. The summed E-state index contributed by atoms with van der Waals surface area (Å²) >= 11 is 0. The second-order valence-electron chi connectivity index (χ2n) is 5.68. The molecule has 1 aromatic heterocycles. The molecule has 0 radical (unpaired) electrons. The molecule has 0 saturated heterocycles. The Morgan fingerprint density at radius 2 is 2.16 bits per heavy atom. The van der Waals surface area contributed by atoms with Gasteiger partial charge in [-0.25, -0.2) is 0 Å². The maximum Gasteiger partial charge on any atom is 0.257 e. The number of nitrogens with one attached hydrogen (secondary N) is 2. The van der Waals surface area contributed by atoms with Crippen molar-refractivity contribution in [2.45, 2.75) is 26.9 Å². The van der Waals surface area contributed by atoms with Crippen LogP contribution in [-0.4, -0.2) is 42.5 Å². The lowest BCUT2D eigenvalue weighted by Crippen LogP contribution is -2.28. The van der Waals surface area contributed by atoms with Crippen LogP contribution < -0.4 is 20.1 Å². The van der Waals surface area contributed by atoms with Gasteiger partial charge in [0.15, 0.2) is 18.1 Å². The van der Waals surface area contributed by atoms with E-state index in [1.54, 1.807) is 7.11 Å². The van der Waals surface area contributed by atoms with E-state index < -0.39 is 0 Å². The molecule has 0 aliphatic heterocycles. The van der Waals surface area contributed by atoms with Gasteiger partial charge in [-0.2, -0.15) is 5.10 Å². The van der Waals surface area contributed by atoms with E-state index in [4.69, 9.17) is 9.47 Å². The summed E-state index contributed by atoms with van der Waals surface area (Å²) in [4.78, 5) is 11.5. The molecule has 7 nitrogen and oxygen atoms in total. The Labute approximate surface area is 148 Å². The van der Waals surface area contributed by atoms with Crippen molar-refractivity contribution in [3.8, 4) is 11.5 Å². The van der Waals surface area contributed by atoms with Crippen LogP contribution in [0.1, 0.15) is 18.1 Å². The highest BCUT2D eigenvalue weighted by Gasteiger charge is 2.08. The van der Waals surface area contributed by atoms with Gasteiger partial charge in [0.2, 0.25) is 0 Å². The maximum absolute atomic E-state index is 11.5. The predicted molar refractivity (Wildman–Crippen MR) is 95.8 cm³/mol. The first kappa shape index (κ1) is 18.8. The maximum atomic E-state index is 11.5. The minimum absolute atomic E-state index is 0.0227. The molecule has 7 heteroatoms. The van der Waals surface area contributed by atoms with Gasteiger partial charge >= 0.3 is 0 Å². The molecule has 25 heavy (non-hydrogen) atoms. The summed E-state index contributed by atoms with van der Waals surface area (Å²) in [6, 6.07) is 5.70. The highest BCUT2D eigenvalue weighted by Crippen LogP contribution is 2.27. The first-order valence-electron chi connectivity index (χ1n) is 8.38. The van der Waals surface area contributed by atoms with Crippen molar-refractivity contribution >= 4 is 5.91 Å². The van der Waals surface area contributed by atoms with Crippen LogP contribution in [0, 0.1) is 6.92 Å². The molecule has 0 spiro atoms. The van der Waals surface area contributed by atoms with Gasteiger partial charge in [-0.3, -0.25) is 9.48 Å². The number of carbonyl (C=O) groups is 1. The number of hydrogen-bond donors (Lipinski definition) is 2. The molecule has 1 aromatic carbocycles. The number of rotatable bonds is 10. The number of methoxy groups -OCH3 is 1. The first-order valence-corrected chi connectivity index (χ1v) is 8.38. The zero-order valence-electron chi connectivity index (χ0n) is 15.0. The van der Waals surface area contributed by atoms with Crippen molar-refractivity contribution in [2.75, 3.05) is 26.8 Å². The Balaban J connectivity index is 1.82. The lowest BCUT2D eigenvalue weighted by molar-refractivity contribution is -0.123. The molecule has 2 N–H and O–H groups in total. The van der Waals surface area contributed by atoms with E-state index in [1.807, 2.05) is 49.1 Å². The van der Waals surface area contributed by atoms with Crippen molar-refractivity contribution < 1.29 is 14.3 Å². The van der Waals surface area contributed by atoms with E-state index >= 15 is 0 Å². The summed E-state index contributed by atoms with van der Waals surface area (Å²) < 4.78 is 12.8. The van der Waals surface area contributed by atoms with Gasteiger partial charge in [-0.05, 0) is 37.1 Å². The monoisotopic (exact) mass is 346 g/mol. The fourth-order valence-corrected chi connectivity index (χ4v) is 2.35. The fourth-order valence-electron chi connectivity index (χ4n) is 2.35. The van der Waals surface area contributed by atoms with E-state index in [0.717, 1.165) is 24.2 Å². The van der Waals surface area contributed by atoms with E-state index in [9.17, 15) is 4.79 Å². The average Bonchev–Trinajstić information content (AvgIpc) is 3.03. The van der Waals surface area contributed by atoms with Gasteiger partial charge in [0.1, 0.15) is 0 Å². The molecule has 2 rings (SSSR count). The zero-order chi connectivity index (χ0) is 18.1. The third-order valence-corrected chi connectivity index (χ3v) is 3.57. The topological polar surface area (TPSA) is 77.4 Å². The molecule has 1 amide bonds. The second-order valence-corrected chi connectivity index (χ2v) is 5.68.